The normalized spacial score (nSPS) is 10.4. The van der Waals surface area contributed by atoms with E-state index in [1.165, 1.54) is 12.1 Å². The molecule has 30 heavy (non-hydrogen) atoms. The molecule has 1 N–H and O–H groups in total. The van der Waals surface area contributed by atoms with Crippen molar-refractivity contribution in [1.82, 2.24) is 4.98 Å². The van der Waals surface area contributed by atoms with Crippen LogP contribution < -0.4 is 9.47 Å². The molecule has 0 bridgehead atoms. The van der Waals surface area contributed by atoms with Crippen molar-refractivity contribution in [2.45, 2.75) is 34.6 Å². The Morgan fingerprint density at radius 1 is 0.800 bits per heavy atom. The molecule has 0 fully saturated rings. The van der Waals surface area contributed by atoms with Gasteiger partial charge in [0.15, 0.2) is 18.1 Å². The molecular formula is C22H27NO7. The maximum Gasteiger partial charge on any atom is 0.340 e. The predicted octanol–water partition coefficient (Wildman–Crippen LogP) is 3.65. The predicted molar refractivity (Wildman–Crippen MR) is 110 cm³/mol. The van der Waals surface area contributed by atoms with Crippen molar-refractivity contribution < 1.29 is 33.3 Å². The van der Waals surface area contributed by atoms with Gasteiger partial charge in [0, 0.05) is 11.4 Å². The van der Waals surface area contributed by atoms with Gasteiger partial charge in [-0.1, -0.05) is 0 Å². The van der Waals surface area contributed by atoms with Crippen LogP contribution in [0, 0.1) is 13.8 Å². The van der Waals surface area contributed by atoms with Gasteiger partial charge in [0.05, 0.1) is 36.5 Å². The van der Waals surface area contributed by atoms with E-state index >= 15 is 0 Å². The van der Waals surface area contributed by atoms with Crippen molar-refractivity contribution in [2.75, 3.05) is 26.4 Å². The third-order valence-corrected chi connectivity index (χ3v) is 4.25. The number of hydrogen-bond donors (Lipinski definition) is 1. The molecule has 0 unspecified atom stereocenters. The molecule has 0 saturated carbocycles. The van der Waals surface area contributed by atoms with Crippen LogP contribution in [0.3, 0.4) is 0 Å². The summed E-state index contributed by atoms with van der Waals surface area (Å²) in [6, 6.07) is 4.67. The highest BCUT2D eigenvalue weighted by molar-refractivity contribution is 6.09. The highest BCUT2D eigenvalue weighted by Gasteiger charge is 2.26. The third-order valence-electron chi connectivity index (χ3n) is 4.25. The molecular weight excluding hydrogens is 390 g/mol. The fraction of sp³-hybridized carbons (Fsp3) is 0.409. The molecule has 0 spiro atoms. The summed E-state index contributed by atoms with van der Waals surface area (Å²) in [6.07, 6.45) is 0. The lowest BCUT2D eigenvalue weighted by molar-refractivity contribution is 0.0471. The first-order chi connectivity index (χ1) is 14.3. The van der Waals surface area contributed by atoms with Crippen LogP contribution in [0.5, 0.6) is 11.5 Å². The number of hydrogen-bond acceptors (Lipinski definition) is 7. The van der Waals surface area contributed by atoms with Gasteiger partial charge in [0.2, 0.25) is 5.78 Å². The van der Waals surface area contributed by atoms with Gasteiger partial charge < -0.3 is 23.9 Å². The zero-order valence-corrected chi connectivity index (χ0v) is 17.9. The minimum atomic E-state index is -0.685. The number of rotatable bonds is 10. The monoisotopic (exact) mass is 417 g/mol. The van der Waals surface area contributed by atoms with Gasteiger partial charge in [-0.3, -0.25) is 4.79 Å². The molecule has 8 heteroatoms. The number of Topliss-reactive ketones (excluding diaryl/α,β-unsaturated/α-hetero) is 1. The summed E-state index contributed by atoms with van der Waals surface area (Å²) in [7, 11) is 0. The van der Waals surface area contributed by atoms with Crippen LogP contribution in [0.25, 0.3) is 0 Å². The zero-order valence-electron chi connectivity index (χ0n) is 17.9. The van der Waals surface area contributed by atoms with Crippen LogP contribution in [-0.4, -0.2) is 49.1 Å². The summed E-state index contributed by atoms with van der Waals surface area (Å²) < 4.78 is 21.2. The summed E-state index contributed by atoms with van der Waals surface area (Å²) in [6.45, 7) is 9.23. The number of aryl methyl sites for hydroxylation is 2. The van der Waals surface area contributed by atoms with E-state index in [4.69, 9.17) is 18.9 Å². The van der Waals surface area contributed by atoms with Crippen LogP contribution >= 0.6 is 0 Å². The van der Waals surface area contributed by atoms with Crippen LogP contribution in [0.2, 0.25) is 0 Å². The Labute approximate surface area is 175 Å². The molecule has 8 nitrogen and oxygen atoms in total. The average molecular weight is 417 g/mol. The van der Waals surface area contributed by atoms with E-state index in [-0.39, 0.29) is 23.3 Å². The molecule has 2 rings (SSSR count). The van der Waals surface area contributed by atoms with E-state index in [0.29, 0.717) is 36.1 Å². The van der Waals surface area contributed by atoms with E-state index in [1.807, 2.05) is 13.8 Å². The number of ether oxygens (including phenoxy) is 4. The second-order valence-corrected chi connectivity index (χ2v) is 6.37. The molecule has 0 amide bonds. The molecule has 0 aliphatic carbocycles. The quantitative estimate of drug-likeness (QED) is 0.465. The third kappa shape index (κ3) is 5.20. The smallest absolute Gasteiger partial charge is 0.340 e. The number of aromatic amines is 1. The Kier molecular flexibility index (Phi) is 8.03. The minimum Gasteiger partial charge on any atom is -0.490 e. The maximum absolute atomic E-state index is 12.7. The van der Waals surface area contributed by atoms with Gasteiger partial charge in [-0.15, -0.1) is 0 Å². The second-order valence-electron chi connectivity index (χ2n) is 6.37. The second kappa shape index (κ2) is 10.5. The first-order valence-electron chi connectivity index (χ1n) is 9.80. The first kappa shape index (κ1) is 23.0. The zero-order chi connectivity index (χ0) is 22.3. The summed E-state index contributed by atoms with van der Waals surface area (Å²) in [5, 5.41) is 0. The van der Waals surface area contributed by atoms with Crippen LogP contribution in [-0.2, 0) is 9.47 Å². The van der Waals surface area contributed by atoms with Crippen molar-refractivity contribution in [3.05, 3.63) is 46.3 Å². The Morgan fingerprint density at radius 2 is 1.43 bits per heavy atom. The topological polar surface area (TPSA) is 104 Å². The Balaban J connectivity index is 2.16. The van der Waals surface area contributed by atoms with Crippen molar-refractivity contribution in [3.8, 4) is 11.5 Å². The van der Waals surface area contributed by atoms with Crippen molar-refractivity contribution >= 4 is 17.7 Å². The van der Waals surface area contributed by atoms with Crippen LogP contribution in [0.1, 0.15) is 63.2 Å². The molecule has 0 radical (unpaired) electrons. The van der Waals surface area contributed by atoms with Crippen molar-refractivity contribution in [3.63, 3.8) is 0 Å². The summed E-state index contributed by atoms with van der Waals surface area (Å²) in [4.78, 5) is 40.3. The number of aromatic nitrogens is 1. The molecule has 0 aliphatic rings. The number of nitrogens with one attached hydrogen (secondary N) is 1. The molecule has 1 aromatic carbocycles. The van der Waals surface area contributed by atoms with Gasteiger partial charge in [-0.2, -0.15) is 0 Å². The Bertz CT molecular complexity index is 930. The molecule has 1 heterocycles. The van der Waals surface area contributed by atoms with E-state index < -0.39 is 24.3 Å². The van der Waals surface area contributed by atoms with Gasteiger partial charge in [-0.25, -0.2) is 9.59 Å². The lowest BCUT2D eigenvalue weighted by Crippen LogP contribution is -2.18. The number of H-pyrrole nitrogens is 1. The SMILES string of the molecule is CCOC(=O)c1c(C)[nH]c(C)c1C(=O)COC(=O)c1ccc(OCC)c(OCC)c1. The highest BCUT2D eigenvalue weighted by Crippen LogP contribution is 2.29. The van der Waals surface area contributed by atoms with Crippen LogP contribution in [0.4, 0.5) is 0 Å². The summed E-state index contributed by atoms with van der Waals surface area (Å²) in [5.41, 5.74) is 1.59. The lowest BCUT2D eigenvalue weighted by Gasteiger charge is -2.12. The fourth-order valence-electron chi connectivity index (χ4n) is 3.05. The number of ketones is 1. The lowest BCUT2D eigenvalue weighted by atomic mass is 10.1. The molecule has 162 valence electrons. The molecule has 1 aromatic heterocycles. The van der Waals surface area contributed by atoms with E-state index in [2.05, 4.69) is 4.98 Å². The maximum atomic E-state index is 12.7. The summed E-state index contributed by atoms with van der Waals surface area (Å²) >= 11 is 0. The Morgan fingerprint density at radius 3 is 2.07 bits per heavy atom. The first-order valence-corrected chi connectivity index (χ1v) is 9.80. The molecule has 2 aromatic rings. The molecule has 0 atom stereocenters. The number of benzene rings is 1. The molecule has 0 aliphatic heterocycles. The van der Waals surface area contributed by atoms with E-state index in [0.717, 1.165) is 0 Å². The molecule has 0 saturated heterocycles. The van der Waals surface area contributed by atoms with Gasteiger partial charge in [-0.05, 0) is 52.8 Å². The summed E-state index contributed by atoms with van der Waals surface area (Å²) in [5.74, 6) is -0.840. The number of carbonyl (C=O) groups excluding carboxylic acids is 3. The highest BCUT2D eigenvalue weighted by atomic mass is 16.5. The average Bonchev–Trinajstić information content (AvgIpc) is 3.01. The van der Waals surface area contributed by atoms with Crippen LogP contribution in [0.15, 0.2) is 18.2 Å². The van der Waals surface area contributed by atoms with Gasteiger partial charge >= 0.3 is 11.9 Å². The van der Waals surface area contributed by atoms with Crippen molar-refractivity contribution in [2.24, 2.45) is 0 Å². The van der Waals surface area contributed by atoms with E-state index in [1.54, 1.807) is 26.8 Å². The fourth-order valence-corrected chi connectivity index (χ4v) is 3.05. The number of carbonyl (C=O) groups is 3. The van der Waals surface area contributed by atoms with Crippen molar-refractivity contribution in [1.29, 1.82) is 0 Å². The Hall–Kier alpha value is -3.29. The van der Waals surface area contributed by atoms with Gasteiger partial charge in [0.25, 0.3) is 0 Å². The van der Waals surface area contributed by atoms with E-state index in [9.17, 15) is 14.4 Å². The largest absolute Gasteiger partial charge is 0.490 e. The minimum absolute atomic E-state index is 0.162. The number of esters is 2. The van der Waals surface area contributed by atoms with Gasteiger partial charge in [0.1, 0.15) is 0 Å². The standard InChI is InChI=1S/C22H27NO7/c1-6-27-17-10-9-15(11-18(17)28-7-2)21(25)30-12-16(24)19-13(4)23-14(5)20(19)22(26)29-8-3/h9-11,23H,6-8,12H2,1-5H3.